The molecule has 0 fully saturated rings. The topological polar surface area (TPSA) is 97.4 Å². The number of pyridine rings is 1. The Labute approximate surface area is 172 Å². The maximum Gasteiger partial charge on any atom is 0.326 e. The average Bonchev–Trinajstić information content (AvgIpc) is 2.71. The quantitative estimate of drug-likeness (QED) is 0.607. The molecule has 0 aliphatic rings. The van der Waals surface area contributed by atoms with Crippen LogP contribution in [0.4, 0.5) is 5.69 Å². The van der Waals surface area contributed by atoms with Crippen molar-refractivity contribution >= 4 is 45.8 Å². The van der Waals surface area contributed by atoms with Gasteiger partial charge in [0.2, 0.25) is 0 Å². The Hall–Kier alpha value is -3.45. The number of nitrogens with one attached hydrogen (secondary N) is 2. The van der Waals surface area contributed by atoms with Crippen molar-refractivity contribution < 1.29 is 19.1 Å². The van der Waals surface area contributed by atoms with Gasteiger partial charge < -0.3 is 15.4 Å². The zero-order chi connectivity index (χ0) is 20.8. The zero-order valence-corrected chi connectivity index (χ0v) is 16.3. The lowest BCUT2D eigenvalue weighted by molar-refractivity contribution is -0.152. The van der Waals surface area contributed by atoms with E-state index >= 15 is 0 Å². The van der Waals surface area contributed by atoms with Crippen LogP contribution >= 0.6 is 11.6 Å². The summed E-state index contributed by atoms with van der Waals surface area (Å²) in [6.45, 7) is 1.05. The molecule has 0 radical (unpaired) electrons. The maximum absolute atomic E-state index is 12.3. The third kappa shape index (κ3) is 5.52. The summed E-state index contributed by atoms with van der Waals surface area (Å²) in [7, 11) is 0. The molecule has 0 spiro atoms. The van der Waals surface area contributed by atoms with Crippen LogP contribution in [-0.4, -0.2) is 35.4 Å². The van der Waals surface area contributed by atoms with Gasteiger partial charge in [-0.1, -0.05) is 41.9 Å². The Morgan fingerprint density at radius 1 is 1.07 bits per heavy atom. The van der Waals surface area contributed by atoms with Crippen molar-refractivity contribution in [3.05, 3.63) is 71.5 Å². The predicted molar refractivity (Wildman–Crippen MR) is 110 cm³/mol. The Bertz CT molecular complexity index is 1070. The number of halogens is 1. The normalized spacial score (nSPS) is 11.5. The van der Waals surface area contributed by atoms with Crippen LogP contribution in [0.5, 0.6) is 0 Å². The van der Waals surface area contributed by atoms with Gasteiger partial charge in [-0.2, -0.15) is 0 Å². The lowest BCUT2D eigenvalue weighted by atomic mass is 10.1. The minimum absolute atomic E-state index is 0.0763. The smallest absolute Gasteiger partial charge is 0.326 e. The number of nitrogens with zero attached hydrogens (tertiary/aromatic N) is 1. The van der Waals surface area contributed by atoms with E-state index in [0.29, 0.717) is 10.7 Å². The number of hydrogen-bond donors (Lipinski definition) is 2. The maximum atomic E-state index is 12.3. The van der Waals surface area contributed by atoms with Crippen LogP contribution in [0, 0.1) is 0 Å². The van der Waals surface area contributed by atoms with Gasteiger partial charge in [-0.25, -0.2) is 0 Å². The third-order valence-electron chi connectivity index (χ3n) is 4.04. The summed E-state index contributed by atoms with van der Waals surface area (Å²) in [5.74, 6) is -1.80. The zero-order valence-electron chi connectivity index (χ0n) is 15.5. The number of hydrogen-bond acceptors (Lipinski definition) is 5. The number of ether oxygens (including phenoxy) is 1. The van der Waals surface area contributed by atoms with Gasteiger partial charge in [-0.15, -0.1) is 0 Å². The van der Waals surface area contributed by atoms with E-state index in [2.05, 4.69) is 15.6 Å². The number of esters is 1. The highest BCUT2D eigenvalue weighted by Crippen LogP contribution is 2.19. The molecule has 1 heterocycles. The number of aromatic nitrogens is 1. The number of carbonyl (C=O) groups is 3. The average molecular weight is 412 g/mol. The molecule has 3 aromatic rings. The molecule has 1 aromatic heterocycles. The summed E-state index contributed by atoms with van der Waals surface area (Å²) < 4.78 is 5.07. The van der Waals surface area contributed by atoms with Gasteiger partial charge in [0, 0.05) is 16.9 Å². The van der Waals surface area contributed by atoms with Crippen molar-refractivity contribution in [3.8, 4) is 0 Å². The fourth-order valence-electron chi connectivity index (χ4n) is 2.58. The molecular weight excluding hydrogens is 394 g/mol. The molecule has 2 amide bonds. The standard InChI is InChI=1S/C21H18ClN3O4/c1-13(20(27)25-17-7-6-14-4-2-3-5-15(14)10-17)29-19(26)12-24-21(28)18-11-16(22)8-9-23-18/h2-11,13H,12H2,1H3,(H,24,28)(H,25,27). The molecule has 7 nitrogen and oxygen atoms in total. The molecule has 2 N–H and O–H groups in total. The summed E-state index contributed by atoms with van der Waals surface area (Å²) in [5, 5.41) is 7.46. The van der Waals surface area contributed by atoms with Crippen molar-refractivity contribution in [2.75, 3.05) is 11.9 Å². The number of rotatable bonds is 6. The number of carbonyl (C=O) groups excluding carboxylic acids is 3. The molecule has 0 bridgehead atoms. The Kier molecular flexibility index (Phi) is 6.41. The van der Waals surface area contributed by atoms with Gasteiger partial charge in [0.15, 0.2) is 6.10 Å². The van der Waals surface area contributed by atoms with Crippen molar-refractivity contribution in [1.29, 1.82) is 0 Å². The van der Waals surface area contributed by atoms with E-state index in [1.807, 2.05) is 36.4 Å². The number of anilines is 1. The summed E-state index contributed by atoms with van der Waals surface area (Å²) in [5.41, 5.74) is 0.671. The first-order valence-corrected chi connectivity index (χ1v) is 9.19. The van der Waals surface area contributed by atoms with Crippen LogP contribution in [0.3, 0.4) is 0 Å². The van der Waals surface area contributed by atoms with Crippen molar-refractivity contribution in [2.24, 2.45) is 0 Å². The SMILES string of the molecule is CC(OC(=O)CNC(=O)c1cc(Cl)ccn1)C(=O)Nc1ccc2ccccc2c1. The molecule has 3 rings (SSSR count). The second kappa shape index (κ2) is 9.16. The molecule has 0 saturated carbocycles. The van der Waals surface area contributed by atoms with E-state index in [9.17, 15) is 14.4 Å². The van der Waals surface area contributed by atoms with Crippen LogP contribution in [0.25, 0.3) is 10.8 Å². The van der Waals surface area contributed by atoms with Gasteiger partial charge in [0.25, 0.3) is 11.8 Å². The van der Waals surface area contributed by atoms with Gasteiger partial charge in [-0.3, -0.25) is 19.4 Å². The van der Waals surface area contributed by atoms with E-state index in [1.54, 1.807) is 6.07 Å². The second-order valence-corrected chi connectivity index (χ2v) is 6.66. The summed E-state index contributed by atoms with van der Waals surface area (Å²) >= 11 is 5.80. The third-order valence-corrected chi connectivity index (χ3v) is 4.28. The highest BCUT2D eigenvalue weighted by molar-refractivity contribution is 6.30. The van der Waals surface area contributed by atoms with Crippen LogP contribution in [0.15, 0.2) is 60.8 Å². The van der Waals surface area contributed by atoms with Crippen LogP contribution < -0.4 is 10.6 Å². The first kappa shape index (κ1) is 20.3. The molecule has 29 heavy (non-hydrogen) atoms. The molecule has 0 aliphatic carbocycles. The minimum atomic E-state index is -1.03. The highest BCUT2D eigenvalue weighted by atomic mass is 35.5. The molecule has 8 heteroatoms. The Balaban J connectivity index is 1.50. The number of benzene rings is 2. The van der Waals surface area contributed by atoms with Gasteiger partial charge >= 0.3 is 5.97 Å². The second-order valence-electron chi connectivity index (χ2n) is 6.23. The molecule has 1 atom stereocenters. The van der Waals surface area contributed by atoms with Crippen LogP contribution in [0.1, 0.15) is 17.4 Å². The van der Waals surface area contributed by atoms with Gasteiger partial charge in [0.05, 0.1) is 0 Å². The van der Waals surface area contributed by atoms with Crippen molar-refractivity contribution in [1.82, 2.24) is 10.3 Å². The summed E-state index contributed by atoms with van der Waals surface area (Å²) in [6.07, 6.45) is 0.351. The van der Waals surface area contributed by atoms with E-state index in [-0.39, 0.29) is 5.69 Å². The molecule has 2 aromatic carbocycles. The van der Waals surface area contributed by atoms with Crippen molar-refractivity contribution in [2.45, 2.75) is 13.0 Å². The largest absolute Gasteiger partial charge is 0.451 e. The molecule has 0 aliphatic heterocycles. The lowest BCUT2D eigenvalue weighted by Crippen LogP contribution is -2.36. The minimum Gasteiger partial charge on any atom is -0.451 e. The van der Waals surface area contributed by atoms with Gasteiger partial charge in [0.1, 0.15) is 12.2 Å². The van der Waals surface area contributed by atoms with E-state index < -0.39 is 30.4 Å². The molecule has 1 unspecified atom stereocenters. The van der Waals surface area contributed by atoms with Gasteiger partial charge in [-0.05, 0) is 42.0 Å². The molecular formula is C21H18ClN3O4. The predicted octanol–water partition coefficient (Wildman–Crippen LogP) is 3.19. The van der Waals surface area contributed by atoms with E-state index in [4.69, 9.17) is 16.3 Å². The Morgan fingerprint density at radius 3 is 2.59 bits per heavy atom. The van der Waals surface area contributed by atoms with E-state index in [1.165, 1.54) is 25.3 Å². The highest BCUT2D eigenvalue weighted by Gasteiger charge is 2.19. The summed E-state index contributed by atoms with van der Waals surface area (Å²) in [4.78, 5) is 40.0. The number of fused-ring (bicyclic) bond motifs is 1. The number of amides is 2. The summed E-state index contributed by atoms with van der Waals surface area (Å²) in [6, 6.07) is 16.2. The molecule has 0 saturated heterocycles. The van der Waals surface area contributed by atoms with Crippen LogP contribution in [-0.2, 0) is 14.3 Å². The fourth-order valence-corrected chi connectivity index (χ4v) is 2.73. The Morgan fingerprint density at radius 2 is 1.83 bits per heavy atom. The van der Waals surface area contributed by atoms with E-state index in [0.717, 1.165) is 10.8 Å². The fraction of sp³-hybridized carbons (Fsp3) is 0.143. The first-order valence-electron chi connectivity index (χ1n) is 8.81. The lowest BCUT2D eigenvalue weighted by Gasteiger charge is -2.14. The van der Waals surface area contributed by atoms with Crippen molar-refractivity contribution in [3.63, 3.8) is 0 Å². The first-order chi connectivity index (χ1) is 13.9. The van der Waals surface area contributed by atoms with Crippen LogP contribution in [0.2, 0.25) is 5.02 Å². The molecule has 148 valence electrons. The monoisotopic (exact) mass is 411 g/mol.